The molecule has 0 aliphatic carbocycles. The number of pyridine rings is 1. The topological polar surface area (TPSA) is 106 Å². The number of nitrogens with two attached hydrogens (primary N) is 1. The summed E-state index contributed by atoms with van der Waals surface area (Å²) < 4.78 is 7.71. The molecule has 0 atom stereocenters. The molecule has 3 heterocycles. The van der Waals surface area contributed by atoms with E-state index in [1.165, 1.54) is 0 Å². The van der Waals surface area contributed by atoms with Gasteiger partial charge in [0.1, 0.15) is 11.8 Å². The van der Waals surface area contributed by atoms with Gasteiger partial charge in [0.25, 0.3) is 5.91 Å². The molecular formula is C30H25N5O2. The second kappa shape index (κ2) is 9.41. The summed E-state index contributed by atoms with van der Waals surface area (Å²) >= 11 is 0. The average Bonchev–Trinajstić information content (AvgIpc) is 3.28. The number of carbonyl (C=O) groups is 1. The van der Waals surface area contributed by atoms with Crippen LogP contribution in [0, 0.1) is 11.3 Å². The highest BCUT2D eigenvalue weighted by molar-refractivity contribution is 6.15. The van der Waals surface area contributed by atoms with Crippen LogP contribution in [0.4, 0.5) is 5.69 Å². The van der Waals surface area contributed by atoms with Crippen molar-refractivity contribution in [2.45, 2.75) is 18.9 Å². The quantitative estimate of drug-likeness (QED) is 0.345. The maximum Gasteiger partial charge on any atom is 0.250 e. The standard InChI is InChI=1S/C30H25N5O2/c31-17-21-9-8-19(18-33-21)23-5-3-7-28-29(23)25-4-1-2-6-27(25)35(28)22-10-11-24(30(32)36)26(16-22)34-20-12-14-37-15-13-20/h1-11,16,18,20,34H,12-15H2,(H2,32,36). The van der Waals surface area contributed by atoms with E-state index in [0.717, 1.165) is 57.1 Å². The maximum atomic E-state index is 12.3. The zero-order chi connectivity index (χ0) is 25.4. The average molecular weight is 488 g/mol. The number of hydrogen-bond acceptors (Lipinski definition) is 5. The fourth-order valence-corrected chi connectivity index (χ4v) is 5.22. The number of nitriles is 1. The molecule has 0 bridgehead atoms. The van der Waals surface area contributed by atoms with Crippen LogP contribution >= 0.6 is 0 Å². The van der Waals surface area contributed by atoms with Crippen LogP contribution in [0.3, 0.4) is 0 Å². The minimum Gasteiger partial charge on any atom is -0.381 e. The summed E-state index contributed by atoms with van der Waals surface area (Å²) in [6, 6.07) is 26.2. The number of carbonyl (C=O) groups excluding carboxylic acids is 1. The number of primary amides is 1. The fourth-order valence-electron chi connectivity index (χ4n) is 5.22. The summed E-state index contributed by atoms with van der Waals surface area (Å²) in [5.41, 5.74) is 12.3. The Morgan fingerprint density at radius 2 is 1.84 bits per heavy atom. The van der Waals surface area contributed by atoms with Gasteiger partial charge in [-0.15, -0.1) is 0 Å². The molecule has 0 radical (unpaired) electrons. The Morgan fingerprint density at radius 1 is 1.03 bits per heavy atom. The molecule has 1 aliphatic rings. The van der Waals surface area contributed by atoms with Gasteiger partial charge in [0, 0.05) is 53.2 Å². The predicted molar refractivity (Wildman–Crippen MR) is 145 cm³/mol. The Hall–Kier alpha value is -4.67. The number of para-hydroxylation sites is 1. The molecule has 7 heteroatoms. The fraction of sp³-hybridized carbons (Fsp3) is 0.167. The molecule has 3 N–H and O–H groups in total. The summed E-state index contributed by atoms with van der Waals surface area (Å²) in [5, 5.41) is 14.9. The van der Waals surface area contributed by atoms with E-state index in [-0.39, 0.29) is 6.04 Å². The van der Waals surface area contributed by atoms with E-state index >= 15 is 0 Å². The first-order valence-electron chi connectivity index (χ1n) is 12.3. The first-order chi connectivity index (χ1) is 18.1. The van der Waals surface area contributed by atoms with Crippen LogP contribution in [0.5, 0.6) is 0 Å². The Balaban J connectivity index is 1.55. The third-order valence-corrected chi connectivity index (χ3v) is 6.99. The number of nitrogens with zero attached hydrogens (tertiary/aromatic N) is 3. The number of nitrogens with one attached hydrogen (secondary N) is 1. The number of hydrogen-bond donors (Lipinski definition) is 2. The van der Waals surface area contributed by atoms with Crippen LogP contribution in [0.2, 0.25) is 0 Å². The van der Waals surface area contributed by atoms with E-state index in [1.54, 1.807) is 18.3 Å². The molecule has 182 valence electrons. The highest BCUT2D eigenvalue weighted by Gasteiger charge is 2.20. The lowest BCUT2D eigenvalue weighted by Crippen LogP contribution is -2.29. The Morgan fingerprint density at radius 3 is 2.59 bits per heavy atom. The lowest BCUT2D eigenvalue weighted by atomic mass is 10.0. The smallest absolute Gasteiger partial charge is 0.250 e. The van der Waals surface area contributed by atoms with E-state index in [0.29, 0.717) is 24.5 Å². The van der Waals surface area contributed by atoms with Gasteiger partial charge in [-0.3, -0.25) is 4.79 Å². The van der Waals surface area contributed by atoms with E-state index in [2.05, 4.69) is 45.2 Å². The lowest BCUT2D eigenvalue weighted by molar-refractivity contribution is 0.0904. The van der Waals surface area contributed by atoms with Gasteiger partial charge in [-0.1, -0.05) is 30.3 Å². The third kappa shape index (κ3) is 4.07. The van der Waals surface area contributed by atoms with Crippen LogP contribution in [0.25, 0.3) is 38.6 Å². The zero-order valence-corrected chi connectivity index (χ0v) is 20.1. The number of aromatic nitrogens is 2. The molecule has 3 aromatic carbocycles. The monoisotopic (exact) mass is 487 g/mol. The summed E-state index contributed by atoms with van der Waals surface area (Å²) in [7, 11) is 0. The van der Waals surface area contributed by atoms with Crippen LogP contribution in [-0.2, 0) is 4.74 Å². The van der Waals surface area contributed by atoms with Crippen molar-refractivity contribution in [1.82, 2.24) is 9.55 Å². The number of anilines is 1. The van der Waals surface area contributed by atoms with Crippen molar-refractivity contribution in [3.8, 4) is 22.9 Å². The van der Waals surface area contributed by atoms with Crippen molar-refractivity contribution in [3.05, 3.63) is 90.3 Å². The second-order valence-corrected chi connectivity index (χ2v) is 9.22. The SMILES string of the molecule is N#Cc1ccc(-c2cccc3c2c2ccccc2n3-c2ccc(C(N)=O)c(NC3CCOCC3)c2)cn1. The molecular weight excluding hydrogens is 462 g/mol. The zero-order valence-electron chi connectivity index (χ0n) is 20.1. The predicted octanol–water partition coefficient (Wildman–Crippen LogP) is 5.41. The molecule has 1 fully saturated rings. The highest BCUT2D eigenvalue weighted by Crippen LogP contribution is 2.39. The van der Waals surface area contributed by atoms with Crippen LogP contribution in [0.1, 0.15) is 28.9 Å². The van der Waals surface area contributed by atoms with Crippen LogP contribution in [-0.4, -0.2) is 34.7 Å². The molecule has 2 aromatic heterocycles. The van der Waals surface area contributed by atoms with E-state index < -0.39 is 5.91 Å². The van der Waals surface area contributed by atoms with E-state index in [1.807, 2.05) is 36.4 Å². The molecule has 0 unspecified atom stereocenters. The van der Waals surface area contributed by atoms with Gasteiger partial charge < -0.3 is 20.4 Å². The van der Waals surface area contributed by atoms with Crippen molar-refractivity contribution in [2.75, 3.05) is 18.5 Å². The minimum absolute atomic E-state index is 0.218. The van der Waals surface area contributed by atoms with Gasteiger partial charge in [-0.05, 0) is 60.9 Å². The van der Waals surface area contributed by atoms with Gasteiger partial charge >= 0.3 is 0 Å². The Labute approximate surface area is 214 Å². The van der Waals surface area contributed by atoms with Crippen LogP contribution in [0.15, 0.2) is 79.0 Å². The molecule has 0 spiro atoms. The number of fused-ring (bicyclic) bond motifs is 3. The molecule has 1 amide bonds. The first kappa shape index (κ1) is 22.8. The van der Waals surface area contributed by atoms with Gasteiger partial charge in [0.05, 0.1) is 16.6 Å². The second-order valence-electron chi connectivity index (χ2n) is 9.22. The van der Waals surface area contributed by atoms with Crippen molar-refractivity contribution in [2.24, 2.45) is 5.73 Å². The number of ether oxygens (including phenoxy) is 1. The molecule has 1 saturated heterocycles. The normalized spacial score (nSPS) is 14.0. The largest absolute Gasteiger partial charge is 0.381 e. The molecule has 5 aromatic rings. The van der Waals surface area contributed by atoms with Crippen molar-refractivity contribution in [3.63, 3.8) is 0 Å². The van der Waals surface area contributed by atoms with Gasteiger partial charge in [-0.2, -0.15) is 5.26 Å². The van der Waals surface area contributed by atoms with Gasteiger partial charge in [0.2, 0.25) is 0 Å². The summed E-state index contributed by atoms with van der Waals surface area (Å²) in [4.78, 5) is 16.5. The minimum atomic E-state index is -0.459. The summed E-state index contributed by atoms with van der Waals surface area (Å²) in [5.74, 6) is -0.459. The maximum absolute atomic E-state index is 12.3. The number of amides is 1. The molecule has 7 nitrogen and oxygen atoms in total. The third-order valence-electron chi connectivity index (χ3n) is 6.99. The van der Waals surface area contributed by atoms with E-state index in [4.69, 9.17) is 15.7 Å². The molecule has 0 saturated carbocycles. The molecule has 1 aliphatic heterocycles. The van der Waals surface area contributed by atoms with Crippen molar-refractivity contribution < 1.29 is 9.53 Å². The van der Waals surface area contributed by atoms with E-state index in [9.17, 15) is 4.79 Å². The molecule has 6 rings (SSSR count). The van der Waals surface area contributed by atoms with Crippen molar-refractivity contribution >= 4 is 33.4 Å². The number of benzene rings is 3. The Bertz CT molecular complexity index is 1670. The molecule has 37 heavy (non-hydrogen) atoms. The first-order valence-corrected chi connectivity index (χ1v) is 12.3. The lowest BCUT2D eigenvalue weighted by Gasteiger charge is -2.25. The van der Waals surface area contributed by atoms with Crippen LogP contribution < -0.4 is 11.1 Å². The van der Waals surface area contributed by atoms with Gasteiger partial charge in [0.15, 0.2) is 0 Å². The summed E-state index contributed by atoms with van der Waals surface area (Å²) in [6.45, 7) is 1.40. The van der Waals surface area contributed by atoms with Gasteiger partial charge in [-0.25, -0.2) is 4.98 Å². The highest BCUT2D eigenvalue weighted by atomic mass is 16.5. The number of rotatable bonds is 5. The Kier molecular flexibility index (Phi) is 5.79. The summed E-state index contributed by atoms with van der Waals surface area (Å²) in [6.07, 6.45) is 3.50. The van der Waals surface area contributed by atoms with Crippen molar-refractivity contribution in [1.29, 1.82) is 5.26 Å².